The fourth-order valence-corrected chi connectivity index (χ4v) is 4.89. The first-order valence-corrected chi connectivity index (χ1v) is 12.2. The fourth-order valence-electron chi connectivity index (χ4n) is 4.89. The molecular weight excluding hydrogens is 426 g/mol. The Morgan fingerprint density at radius 3 is 2.50 bits per heavy atom. The minimum absolute atomic E-state index is 0.138. The molecule has 1 fully saturated rings. The zero-order valence-electron chi connectivity index (χ0n) is 21.3. The highest BCUT2D eigenvalue weighted by atomic mass is 16.5. The highest BCUT2D eigenvalue weighted by Gasteiger charge is 2.26. The van der Waals surface area contributed by atoms with Crippen molar-refractivity contribution in [2.75, 3.05) is 40.4 Å². The molecule has 6 heteroatoms. The number of carbonyl (C=O) groups is 1. The summed E-state index contributed by atoms with van der Waals surface area (Å²) in [6.45, 7) is 12.2. The highest BCUT2D eigenvalue weighted by Crippen LogP contribution is 2.32. The lowest BCUT2D eigenvalue weighted by Crippen LogP contribution is -2.39. The Morgan fingerprint density at radius 2 is 1.82 bits per heavy atom. The van der Waals surface area contributed by atoms with Gasteiger partial charge in [0.05, 0.1) is 24.9 Å². The molecule has 1 saturated heterocycles. The lowest BCUT2D eigenvalue weighted by atomic mass is 10.0. The summed E-state index contributed by atoms with van der Waals surface area (Å²) < 4.78 is 13.4. The number of esters is 1. The molecule has 1 aliphatic heterocycles. The van der Waals surface area contributed by atoms with Gasteiger partial charge in [0.15, 0.2) is 0 Å². The smallest absolute Gasteiger partial charge is 0.338 e. The van der Waals surface area contributed by atoms with Crippen LogP contribution in [0.2, 0.25) is 0 Å². The van der Waals surface area contributed by atoms with Crippen molar-refractivity contribution in [3.05, 3.63) is 65.0 Å². The van der Waals surface area contributed by atoms with Crippen molar-refractivity contribution in [3.63, 3.8) is 0 Å². The van der Waals surface area contributed by atoms with Crippen molar-refractivity contribution in [1.29, 1.82) is 0 Å². The van der Waals surface area contributed by atoms with Gasteiger partial charge in [-0.1, -0.05) is 18.2 Å². The first-order valence-electron chi connectivity index (χ1n) is 12.2. The number of benzene rings is 1. The number of rotatable bonds is 7. The van der Waals surface area contributed by atoms with Crippen LogP contribution in [0.4, 0.5) is 0 Å². The maximum absolute atomic E-state index is 13.0. The van der Waals surface area contributed by atoms with Gasteiger partial charge in [0.2, 0.25) is 0 Å². The molecule has 0 radical (unpaired) electrons. The van der Waals surface area contributed by atoms with Crippen molar-refractivity contribution in [2.24, 2.45) is 0 Å². The van der Waals surface area contributed by atoms with Crippen LogP contribution in [-0.4, -0.2) is 66.7 Å². The molecule has 0 N–H and O–H groups in total. The van der Waals surface area contributed by atoms with Gasteiger partial charge in [-0.05, 0) is 76.7 Å². The topological polar surface area (TPSA) is 46.4 Å². The monoisotopic (exact) mass is 463 g/mol. The summed E-state index contributed by atoms with van der Waals surface area (Å²) in [4.78, 5) is 17.6. The Hall–Kier alpha value is -2.67. The third-order valence-electron chi connectivity index (χ3n) is 6.50. The van der Waals surface area contributed by atoms with E-state index in [9.17, 15) is 4.79 Å². The number of nitrogens with zero attached hydrogens (tertiary/aromatic N) is 3. The molecule has 0 aliphatic carbocycles. The quantitative estimate of drug-likeness (QED) is 0.465. The molecule has 1 atom stereocenters. The van der Waals surface area contributed by atoms with Gasteiger partial charge < -0.3 is 18.8 Å². The Kier molecular flexibility index (Phi) is 7.41. The molecule has 2 aromatic heterocycles. The molecule has 34 heavy (non-hydrogen) atoms. The molecule has 6 nitrogen and oxygen atoms in total. The van der Waals surface area contributed by atoms with Gasteiger partial charge in [0.1, 0.15) is 0 Å². The van der Waals surface area contributed by atoms with Crippen LogP contribution in [0.1, 0.15) is 54.0 Å². The molecule has 3 aromatic rings. The minimum atomic E-state index is -0.263. The van der Waals surface area contributed by atoms with Gasteiger partial charge >= 0.3 is 5.97 Å². The number of carbonyl (C=O) groups excluding carboxylic acids is 1. The lowest BCUT2D eigenvalue weighted by Gasteiger charge is -2.34. The molecule has 1 aliphatic rings. The standard InChI is InChI=1S/C28H37N3O3/c1-19(2)34-28(32)26-16-25-15-24(23-9-7-8-22(14-23)17-29(5)6)18-31(25)27(20(26)3)21(4)30-10-12-33-13-11-30/h7-9,14-16,18-19,21H,10-13,17H2,1-6H3. The Bertz CT molecular complexity index is 1160. The van der Waals surface area contributed by atoms with E-state index in [4.69, 9.17) is 9.47 Å². The predicted octanol–water partition coefficient (Wildman–Crippen LogP) is 4.93. The Labute approximate surface area is 203 Å². The summed E-state index contributed by atoms with van der Waals surface area (Å²) in [5, 5.41) is 0. The van der Waals surface area contributed by atoms with E-state index in [1.165, 1.54) is 11.1 Å². The van der Waals surface area contributed by atoms with Crippen molar-refractivity contribution >= 4 is 11.5 Å². The van der Waals surface area contributed by atoms with E-state index in [1.807, 2.05) is 26.8 Å². The molecular formula is C28H37N3O3. The molecule has 4 rings (SSSR count). The number of hydrogen-bond donors (Lipinski definition) is 0. The molecule has 3 heterocycles. The van der Waals surface area contributed by atoms with E-state index in [0.29, 0.717) is 5.56 Å². The van der Waals surface area contributed by atoms with Crippen molar-refractivity contribution in [1.82, 2.24) is 14.2 Å². The molecule has 182 valence electrons. The number of fused-ring (bicyclic) bond motifs is 1. The molecule has 0 spiro atoms. The van der Waals surface area contributed by atoms with E-state index in [2.05, 4.69) is 71.7 Å². The molecule has 0 saturated carbocycles. The third kappa shape index (κ3) is 5.19. The Balaban J connectivity index is 1.84. The van der Waals surface area contributed by atoms with Gasteiger partial charge in [-0.15, -0.1) is 0 Å². The Morgan fingerprint density at radius 1 is 1.09 bits per heavy atom. The summed E-state index contributed by atoms with van der Waals surface area (Å²) in [5.41, 5.74) is 7.34. The van der Waals surface area contributed by atoms with E-state index >= 15 is 0 Å². The zero-order chi connectivity index (χ0) is 24.4. The molecule has 0 bridgehead atoms. The van der Waals surface area contributed by atoms with Crippen molar-refractivity contribution in [3.8, 4) is 11.1 Å². The second kappa shape index (κ2) is 10.3. The van der Waals surface area contributed by atoms with Crippen LogP contribution >= 0.6 is 0 Å². The van der Waals surface area contributed by atoms with Gasteiger partial charge in [-0.2, -0.15) is 0 Å². The zero-order valence-corrected chi connectivity index (χ0v) is 21.3. The van der Waals surface area contributed by atoms with Crippen LogP contribution < -0.4 is 0 Å². The largest absolute Gasteiger partial charge is 0.459 e. The van der Waals surface area contributed by atoms with Crippen molar-refractivity contribution < 1.29 is 14.3 Å². The maximum Gasteiger partial charge on any atom is 0.338 e. The first-order chi connectivity index (χ1) is 16.2. The fraction of sp³-hybridized carbons (Fsp3) is 0.464. The summed E-state index contributed by atoms with van der Waals surface area (Å²) in [7, 11) is 4.17. The van der Waals surface area contributed by atoms with Gasteiger partial charge in [0.25, 0.3) is 0 Å². The summed E-state index contributed by atoms with van der Waals surface area (Å²) in [6.07, 6.45) is 2.05. The van der Waals surface area contributed by atoms with E-state index in [0.717, 1.165) is 55.2 Å². The number of ether oxygens (including phenoxy) is 2. The van der Waals surface area contributed by atoms with Crippen molar-refractivity contribution in [2.45, 2.75) is 46.4 Å². The van der Waals surface area contributed by atoms with Gasteiger partial charge in [-0.25, -0.2) is 4.79 Å². The number of aromatic nitrogens is 1. The minimum Gasteiger partial charge on any atom is -0.459 e. The maximum atomic E-state index is 13.0. The van der Waals surface area contributed by atoms with Gasteiger partial charge in [-0.3, -0.25) is 4.90 Å². The summed E-state index contributed by atoms with van der Waals surface area (Å²) in [5.74, 6) is -0.263. The van der Waals surface area contributed by atoms with Crippen LogP contribution in [0.15, 0.2) is 42.6 Å². The van der Waals surface area contributed by atoms with E-state index in [-0.39, 0.29) is 18.1 Å². The van der Waals surface area contributed by atoms with Crippen LogP contribution in [0.25, 0.3) is 16.6 Å². The second-order valence-corrected chi connectivity index (χ2v) is 9.81. The second-order valence-electron chi connectivity index (χ2n) is 9.81. The highest BCUT2D eigenvalue weighted by molar-refractivity contribution is 5.93. The number of morpholine rings is 1. The third-order valence-corrected chi connectivity index (χ3v) is 6.50. The van der Waals surface area contributed by atoms with Gasteiger partial charge in [0, 0.05) is 48.6 Å². The predicted molar refractivity (Wildman–Crippen MR) is 136 cm³/mol. The lowest BCUT2D eigenvalue weighted by molar-refractivity contribution is 0.0186. The summed E-state index contributed by atoms with van der Waals surface area (Å²) >= 11 is 0. The normalized spacial score (nSPS) is 15.9. The average Bonchev–Trinajstić information content (AvgIpc) is 3.22. The van der Waals surface area contributed by atoms with Crippen LogP contribution in [0.3, 0.4) is 0 Å². The van der Waals surface area contributed by atoms with Crippen LogP contribution in [0, 0.1) is 6.92 Å². The average molecular weight is 464 g/mol. The van der Waals surface area contributed by atoms with Crippen LogP contribution in [0.5, 0.6) is 0 Å². The summed E-state index contributed by atoms with van der Waals surface area (Å²) in [6, 6.07) is 13.0. The molecule has 1 unspecified atom stereocenters. The van der Waals surface area contributed by atoms with E-state index in [1.54, 1.807) is 0 Å². The van der Waals surface area contributed by atoms with Crippen LogP contribution in [-0.2, 0) is 16.0 Å². The molecule has 1 aromatic carbocycles. The van der Waals surface area contributed by atoms with E-state index < -0.39 is 0 Å². The SMILES string of the molecule is Cc1c(C(=O)OC(C)C)cc2cc(-c3cccc(CN(C)C)c3)cn2c1C(C)N1CCOCC1. The number of pyridine rings is 1. The first kappa shape index (κ1) is 24.5. The molecule has 0 amide bonds. The number of hydrogen-bond acceptors (Lipinski definition) is 5.